The van der Waals surface area contributed by atoms with Gasteiger partial charge in [0.25, 0.3) is 0 Å². The number of amides is 1. The van der Waals surface area contributed by atoms with E-state index in [-0.39, 0.29) is 11.8 Å². The predicted molar refractivity (Wildman–Crippen MR) is 93.2 cm³/mol. The molecule has 0 radical (unpaired) electrons. The molecule has 1 aromatic rings. The van der Waals surface area contributed by atoms with Crippen molar-refractivity contribution in [3.05, 3.63) is 12.4 Å². The predicted octanol–water partition coefficient (Wildman–Crippen LogP) is 2.54. The zero-order valence-electron chi connectivity index (χ0n) is 14.5. The first-order valence-electron chi connectivity index (χ1n) is 9.26. The summed E-state index contributed by atoms with van der Waals surface area (Å²) in [5.41, 5.74) is 0. The van der Waals surface area contributed by atoms with E-state index in [9.17, 15) is 4.79 Å². The van der Waals surface area contributed by atoms with E-state index in [4.69, 9.17) is 4.74 Å². The Labute approximate surface area is 144 Å². The molecule has 0 bridgehead atoms. The van der Waals surface area contributed by atoms with Gasteiger partial charge in [0.2, 0.25) is 11.8 Å². The van der Waals surface area contributed by atoms with Crippen molar-refractivity contribution in [1.29, 1.82) is 0 Å². The molecule has 1 aliphatic carbocycles. The van der Waals surface area contributed by atoms with Gasteiger partial charge in [0, 0.05) is 31.1 Å². The fourth-order valence-electron chi connectivity index (χ4n) is 3.67. The molecule has 3 rings (SSSR count). The molecule has 1 N–H and O–H groups in total. The first kappa shape index (κ1) is 17.0. The Morgan fingerprint density at radius 1 is 1.21 bits per heavy atom. The number of hydrogen-bond donors (Lipinski definition) is 1. The topological polar surface area (TPSA) is 67.3 Å². The van der Waals surface area contributed by atoms with Gasteiger partial charge in [-0.05, 0) is 32.6 Å². The highest BCUT2D eigenvalue weighted by Gasteiger charge is 2.26. The fraction of sp³-hybridized carbons (Fsp3) is 0.722. The summed E-state index contributed by atoms with van der Waals surface area (Å²) in [6.45, 7) is 4.35. The van der Waals surface area contributed by atoms with E-state index in [2.05, 4.69) is 20.2 Å². The molecule has 0 spiro atoms. The number of ether oxygens (including phenoxy) is 1. The van der Waals surface area contributed by atoms with E-state index in [1.165, 1.54) is 19.3 Å². The molecule has 0 unspecified atom stereocenters. The van der Waals surface area contributed by atoms with Crippen LogP contribution in [-0.4, -0.2) is 41.6 Å². The first-order valence-corrected chi connectivity index (χ1v) is 9.26. The van der Waals surface area contributed by atoms with Crippen molar-refractivity contribution in [2.45, 2.75) is 57.9 Å². The van der Waals surface area contributed by atoms with E-state index in [1.807, 2.05) is 13.0 Å². The van der Waals surface area contributed by atoms with Gasteiger partial charge in [0.05, 0.1) is 6.61 Å². The summed E-state index contributed by atoms with van der Waals surface area (Å²) in [7, 11) is 0. The Kier molecular flexibility index (Phi) is 5.88. The average molecular weight is 332 g/mol. The quantitative estimate of drug-likeness (QED) is 0.897. The lowest BCUT2D eigenvalue weighted by Crippen LogP contribution is -2.46. The van der Waals surface area contributed by atoms with Gasteiger partial charge < -0.3 is 15.0 Å². The Balaban J connectivity index is 1.48. The number of carbonyl (C=O) groups is 1. The molecule has 6 heteroatoms. The standard InChI is InChI=1S/C18H28N4O2/c1-2-24-17-12-16(19-13-20-17)22-10-8-15(9-11-22)21-18(23)14-6-4-3-5-7-14/h12-15H,2-11H2,1H3,(H,21,23). The monoisotopic (exact) mass is 332 g/mol. The smallest absolute Gasteiger partial charge is 0.223 e. The molecule has 0 atom stereocenters. The summed E-state index contributed by atoms with van der Waals surface area (Å²) < 4.78 is 5.44. The summed E-state index contributed by atoms with van der Waals surface area (Å²) in [6, 6.07) is 2.19. The minimum absolute atomic E-state index is 0.243. The highest BCUT2D eigenvalue weighted by atomic mass is 16.5. The lowest BCUT2D eigenvalue weighted by atomic mass is 9.88. The van der Waals surface area contributed by atoms with Crippen LogP contribution in [0.25, 0.3) is 0 Å². The number of nitrogens with zero attached hydrogens (tertiary/aromatic N) is 3. The number of carbonyl (C=O) groups excluding carboxylic acids is 1. The Bertz CT molecular complexity index is 538. The van der Waals surface area contributed by atoms with Gasteiger partial charge in [-0.2, -0.15) is 0 Å². The summed E-state index contributed by atoms with van der Waals surface area (Å²) in [5, 5.41) is 3.27. The van der Waals surface area contributed by atoms with Crippen molar-refractivity contribution in [3.8, 4) is 5.88 Å². The third-order valence-corrected chi connectivity index (χ3v) is 5.06. The minimum Gasteiger partial charge on any atom is -0.478 e. The van der Waals surface area contributed by atoms with Crippen LogP contribution < -0.4 is 15.0 Å². The zero-order valence-corrected chi connectivity index (χ0v) is 14.5. The lowest BCUT2D eigenvalue weighted by molar-refractivity contribution is -0.126. The van der Waals surface area contributed by atoms with Gasteiger partial charge in [0.15, 0.2) is 0 Å². The number of hydrogen-bond acceptors (Lipinski definition) is 5. The zero-order chi connectivity index (χ0) is 16.8. The van der Waals surface area contributed by atoms with E-state index >= 15 is 0 Å². The van der Waals surface area contributed by atoms with Crippen LogP contribution in [0.5, 0.6) is 5.88 Å². The normalized spacial score (nSPS) is 20.0. The summed E-state index contributed by atoms with van der Waals surface area (Å²) >= 11 is 0. The van der Waals surface area contributed by atoms with Crippen LogP contribution in [0, 0.1) is 5.92 Å². The van der Waals surface area contributed by atoms with Crippen LogP contribution in [-0.2, 0) is 4.79 Å². The Morgan fingerprint density at radius 2 is 1.96 bits per heavy atom. The van der Waals surface area contributed by atoms with E-state index in [0.29, 0.717) is 18.5 Å². The van der Waals surface area contributed by atoms with Crippen molar-refractivity contribution in [2.75, 3.05) is 24.6 Å². The van der Waals surface area contributed by atoms with Crippen molar-refractivity contribution in [3.63, 3.8) is 0 Å². The number of anilines is 1. The molecule has 1 aromatic heterocycles. The minimum atomic E-state index is 0.243. The van der Waals surface area contributed by atoms with Crippen LogP contribution in [0.3, 0.4) is 0 Å². The molecule has 0 aromatic carbocycles. The number of rotatable bonds is 5. The molecule has 1 saturated carbocycles. The molecule has 132 valence electrons. The fourth-order valence-corrected chi connectivity index (χ4v) is 3.67. The second-order valence-electron chi connectivity index (χ2n) is 6.75. The van der Waals surface area contributed by atoms with Crippen LogP contribution in [0.2, 0.25) is 0 Å². The maximum atomic E-state index is 12.4. The Morgan fingerprint density at radius 3 is 2.67 bits per heavy atom. The largest absolute Gasteiger partial charge is 0.478 e. The molecule has 1 aliphatic heterocycles. The molecular weight excluding hydrogens is 304 g/mol. The van der Waals surface area contributed by atoms with E-state index in [0.717, 1.165) is 44.6 Å². The summed E-state index contributed by atoms with van der Waals surface area (Å²) in [5.74, 6) is 2.04. The molecule has 1 saturated heterocycles. The molecule has 2 heterocycles. The van der Waals surface area contributed by atoms with E-state index in [1.54, 1.807) is 6.33 Å². The molecule has 6 nitrogen and oxygen atoms in total. The van der Waals surface area contributed by atoms with Crippen molar-refractivity contribution in [1.82, 2.24) is 15.3 Å². The molecule has 1 amide bonds. The number of aromatic nitrogens is 2. The Hall–Kier alpha value is -1.85. The van der Waals surface area contributed by atoms with Crippen LogP contribution in [0.15, 0.2) is 12.4 Å². The van der Waals surface area contributed by atoms with Gasteiger partial charge in [0.1, 0.15) is 12.1 Å². The third kappa shape index (κ3) is 4.36. The second-order valence-corrected chi connectivity index (χ2v) is 6.75. The SMILES string of the molecule is CCOc1cc(N2CCC(NC(=O)C3CCCCC3)CC2)ncn1. The third-order valence-electron chi connectivity index (χ3n) is 5.06. The lowest BCUT2D eigenvalue weighted by Gasteiger charge is -2.34. The van der Waals surface area contributed by atoms with Gasteiger partial charge in [-0.1, -0.05) is 19.3 Å². The summed E-state index contributed by atoms with van der Waals surface area (Å²) in [4.78, 5) is 23.1. The molecule has 24 heavy (non-hydrogen) atoms. The van der Waals surface area contributed by atoms with Crippen molar-refractivity contribution in [2.24, 2.45) is 5.92 Å². The molecule has 2 aliphatic rings. The van der Waals surface area contributed by atoms with E-state index < -0.39 is 0 Å². The molecule has 2 fully saturated rings. The van der Waals surface area contributed by atoms with Crippen molar-refractivity contribution < 1.29 is 9.53 Å². The number of nitrogens with one attached hydrogen (secondary N) is 1. The van der Waals surface area contributed by atoms with Gasteiger partial charge in [-0.25, -0.2) is 9.97 Å². The molecular formula is C18H28N4O2. The van der Waals surface area contributed by atoms with Gasteiger partial charge >= 0.3 is 0 Å². The first-order chi connectivity index (χ1) is 11.8. The maximum absolute atomic E-state index is 12.4. The van der Waals surface area contributed by atoms with Crippen LogP contribution in [0.1, 0.15) is 51.9 Å². The highest BCUT2D eigenvalue weighted by Crippen LogP contribution is 2.25. The van der Waals surface area contributed by atoms with Crippen LogP contribution in [0.4, 0.5) is 5.82 Å². The number of piperidine rings is 1. The maximum Gasteiger partial charge on any atom is 0.223 e. The van der Waals surface area contributed by atoms with Gasteiger partial charge in [-0.15, -0.1) is 0 Å². The average Bonchev–Trinajstić information content (AvgIpc) is 2.63. The van der Waals surface area contributed by atoms with Crippen molar-refractivity contribution >= 4 is 11.7 Å². The van der Waals surface area contributed by atoms with Crippen LogP contribution >= 0.6 is 0 Å². The highest BCUT2D eigenvalue weighted by molar-refractivity contribution is 5.79. The second kappa shape index (κ2) is 8.31. The van der Waals surface area contributed by atoms with Gasteiger partial charge in [-0.3, -0.25) is 4.79 Å². The summed E-state index contributed by atoms with van der Waals surface area (Å²) in [6.07, 6.45) is 9.29.